The Balaban J connectivity index is 2.05. The Hall–Kier alpha value is -1.22. The van der Waals surface area contributed by atoms with Crippen LogP contribution in [-0.4, -0.2) is 32.8 Å². The first-order valence-corrected chi connectivity index (χ1v) is 7.04. The Morgan fingerprint density at radius 1 is 1.33 bits per heavy atom. The Labute approximate surface area is 110 Å². The van der Waals surface area contributed by atoms with Crippen LogP contribution in [0.4, 0.5) is 11.4 Å². The zero-order valence-electron chi connectivity index (χ0n) is 11.5. The Morgan fingerprint density at radius 3 is 3.00 bits per heavy atom. The van der Waals surface area contributed by atoms with Crippen LogP contribution in [0.15, 0.2) is 18.2 Å². The third kappa shape index (κ3) is 3.16. The SMILES string of the molecule is CCOCCN(CC)c1ccc2c(c1)NCCC2. The summed E-state index contributed by atoms with van der Waals surface area (Å²) < 4.78 is 5.44. The van der Waals surface area contributed by atoms with Crippen LogP contribution in [0.25, 0.3) is 0 Å². The highest BCUT2D eigenvalue weighted by Crippen LogP contribution is 2.27. The van der Waals surface area contributed by atoms with E-state index in [-0.39, 0.29) is 0 Å². The van der Waals surface area contributed by atoms with E-state index in [9.17, 15) is 0 Å². The molecule has 100 valence electrons. The lowest BCUT2D eigenvalue weighted by Crippen LogP contribution is -2.27. The predicted octanol–water partition coefficient (Wildman–Crippen LogP) is 2.91. The summed E-state index contributed by atoms with van der Waals surface area (Å²) in [5.74, 6) is 0. The largest absolute Gasteiger partial charge is 0.385 e. The van der Waals surface area contributed by atoms with Crippen molar-refractivity contribution in [2.24, 2.45) is 0 Å². The van der Waals surface area contributed by atoms with Crippen LogP contribution >= 0.6 is 0 Å². The van der Waals surface area contributed by atoms with Gasteiger partial charge in [0.1, 0.15) is 0 Å². The van der Waals surface area contributed by atoms with Crippen molar-refractivity contribution in [1.29, 1.82) is 0 Å². The molecule has 0 aliphatic carbocycles. The number of hydrogen-bond donors (Lipinski definition) is 1. The number of rotatable bonds is 6. The number of hydrogen-bond acceptors (Lipinski definition) is 3. The van der Waals surface area contributed by atoms with Gasteiger partial charge in [-0.2, -0.15) is 0 Å². The predicted molar refractivity (Wildman–Crippen MR) is 77.6 cm³/mol. The van der Waals surface area contributed by atoms with Gasteiger partial charge in [-0.3, -0.25) is 0 Å². The molecule has 3 heteroatoms. The standard InChI is InChI=1S/C15H24N2O/c1-3-17(10-11-18-4-2)14-8-7-13-6-5-9-16-15(13)12-14/h7-8,12,16H,3-6,9-11H2,1-2H3. The molecule has 18 heavy (non-hydrogen) atoms. The van der Waals surface area contributed by atoms with Gasteiger partial charge in [0.25, 0.3) is 0 Å². The summed E-state index contributed by atoms with van der Waals surface area (Å²) in [5.41, 5.74) is 4.06. The molecule has 1 aliphatic heterocycles. The lowest BCUT2D eigenvalue weighted by atomic mass is 10.0. The molecule has 3 nitrogen and oxygen atoms in total. The molecule has 1 N–H and O–H groups in total. The minimum Gasteiger partial charge on any atom is -0.385 e. The van der Waals surface area contributed by atoms with Crippen molar-refractivity contribution in [3.63, 3.8) is 0 Å². The highest BCUT2D eigenvalue weighted by Gasteiger charge is 2.11. The molecule has 0 atom stereocenters. The fourth-order valence-corrected chi connectivity index (χ4v) is 2.43. The van der Waals surface area contributed by atoms with E-state index in [0.717, 1.165) is 32.8 Å². The topological polar surface area (TPSA) is 24.5 Å². The van der Waals surface area contributed by atoms with Gasteiger partial charge in [-0.25, -0.2) is 0 Å². The molecule has 0 bridgehead atoms. The van der Waals surface area contributed by atoms with Crippen LogP contribution in [0, 0.1) is 0 Å². The average molecular weight is 248 g/mol. The van der Waals surface area contributed by atoms with Gasteiger partial charge in [0.2, 0.25) is 0 Å². The van der Waals surface area contributed by atoms with Gasteiger partial charge in [0.15, 0.2) is 0 Å². The molecule has 1 aromatic rings. The summed E-state index contributed by atoms with van der Waals surface area (Å²) in [6, 6.07) is 6.78. The highest BCUT2D eigenvalue weighted by molar-refractivity contribution is 5.63. The van der Waals surface area contributed by atoms with Crippen molar-refractivity contribution >= 4 is 11.4 Å². The van der Waals surface area contributed by atoms with Gasteiger partial charge >= 0.3 is 0 Å². The minimum absolute atomic E-state index is 0.795. The van der Waals surface area contributed by atoms with E-state index in [2.05, 4.69) is 35.3 Å². The number of anilines is 2. The maximum absolute atomic E-state index is 5.44. The molecule has 2 rings (SSSR count). The Bertz CT molecular complexity index is 379. The summed E-state index contributed by atoms with van der Waals surface area (Å²) in [4.78, 5) is 2.37. The number of ether oxygens (including phenoxy) is 1. The van der Waals surface area contributed by atoms with Gasteiger partial charge in [0, 0.05) is 37.6 Å². The fraction of sp³-hybridized carbons (Fsp3) is 0.600. The number of aryl methyl sites for hydroxylation is 1. The molecule has 0 unspecified atom stereocenters. The van der Waals surface area contributed by atoms with Gasteiger partial charge in [-0.1, -0.05) is 6.07 Å². The lowest BCUT2D eigenvalue weighted by Gasteiger charge is -2.26. The first-order valence-electron chi connectivity index (χ1n) is 7.04. The summed E-state index contributed by atoms with van der Waals surface area (Å²) >= 11 is 0. The first-order chi connectivity index (χ1) is 8.85. The molecule has 0 radical (unpaired) electrons. The average Bonchev–Trinajstić information content (AvgIpc) is 2.43. The summed E-state index contributed by atoms with van der Waals surface area (Å²) in [5, 5.41) is 3.49. The monoisotopic (exact) mass is 248 g/mol. The molecule has 1 aromatic carbocycles. The second kappa shape index (κ2) is 6.64. The maximum atomic E-state index is 5.44. The molecule has 0 fully saturated rings. The fourth-order valence-electron chi connectivity index (χ4n) is 2.43. The van der Waals surface area contributed by atoms with Crippen molar-refractivity contribution in [3.05, 3.63) is 23.8 Å². The molecule has 1 heterocycles. The van der Waals surface area contributed by atoms with E-state index in [0.29, 0.717) is 0 Å². The van der Waals surface area contributed by atoms with Crippen LogP contribution < -0.4 is 10.2 Å². The zero-order chi connectivity index (χ0) is 12.8. The van der Waals surface area contributed by atoms with E-state index in [1.54, 1.807) is 0 Å². The van der Waals surface area contributed by atoms with Gasteiger partial charge < -0.3 is 15.0 Å². The third-order valence-corrected chi connectivity index (χ3v) is 3.49. The van der Waals surface area contributed by atoms with E-state index in [4.69, 9.17) is 4.74 Å². The summed E-state index contributed by atoms with van der Waals surface area (Å²) in [7, 11) is 0. The molecule has 0 saturated carbocycles. The molecule has 0 aromatic heterocycles. The Kier molecular flexibility index (Phi) is 4.88. The van der Waals surface area contributed by atoms with Crippen molar-refractivity contribution in [1.82, 2.24) is 0 Å². The van der Waals surface area contributed by atoms with Crippen LogP contribution in [0.3, 0.4) is 0 Å². The molecular weight excluding hydrogens is 224 g/mol. The van der Waals surface area contributed by atoms with Crippen molar-refractivity contribution in [2.75, 3.05) is 43.1 Å². The number of benzene rings is 1. The number of fused-ring (bicyclic) bond motifs is 1. The maximum Gasteiger partial charge on any atom is 0.0641 e. The van der Waals surface area contributed by atoms with E-state index >= 15 is 0 Å². The first kappa shape index (κ1) is 13.2. The van der Waals surface area contributed by atoms with Gasteiger partial charge in [-0.05, 0) is 44.4 Å². The molecule has 0 amide bonds. The van der Waals surface area contributed by atoms with Gasteiger partial charge in [-0.15, -0.1) is 0 Å². The molecule has 1 aliphatic rings. The van der Waals surface area contributed by atoms with Crippen LogP contribution in [0.2, 0.25) is 0 Å². The highest BCUT2D eigenvalue weighted by atomic mass is 16.5. The van der Waals surface area contributed by atoms with Crippen LogP contribution in [-0.2, 0) is 11.2 Å². The lowest BCUT2D eigenvalue weighted by molar-refractivity contribution is 0.154. The van der Waals surface area contributed by atoms with Gasteiger partial charge in [0.05, 0.1) is 6.61 Å². The molecule has 0 spiro atoms. The van der Waals surface area contributed by atoms with E-state index < -0.39 is 0 Å². The second-order valence-electron chi connectivity index (χ2n) is 4.65. The quantitative estimate of drug-likeness (QED) is 0.783. The zero-order valence-corrected chi connectivity index (χ0v) is 11.5. The number of nitrogens with zero attached hydrogens (tertiary/aromatic N) is 1. The number of nitrogens with one attached hydrogen (secondary N) is 1. The van der Waals surface area contributed by atoms with E-state index in [1.165, 1.54) is 29.8 Å². The summed E-state index contributed by atoms with van der Waals surface area (Å²) in [6.07, 6.45) is 2.45. The molecular formula is C15H24N2O. The van der Waals surface area contributed by atoms with Crippen LogP contribution in [0.5, 0.6) is 0 Å². The second-order valence-corrected chi connectivity index (χ2v) is 4.65. The van der Waals surface area contributed by atoms with Crippen molar-refractivity contribution in [3.8, 4) is 0 Å². The number of likely N-dealkylation sites (N-methyl/N-ethyl adjacent to an activating group) is 1. The van der Waals surface area contributed by atoms with E-state index in [1.807, 2.05) is 6.92 Å². The summed E-state index contributed by atoms with van der Waals surface area (Å²) in [6.45, 7) is 8.91. The van der Waals surface area contributed by atoms with Crippen molar-refractivity contribution in [2.45, 2.75) is 26.7 Å². The smallest absolute Gasteiger partial charge is 0.0641 e. The van der Waals surface area contributed by atoms with Crippen molar-refractivity contribution < 1.29 is 4.74 Å². The minimum atomic E-state index is 0.795. The normalized spacial score (nSPS) is 13.9. The Morgan fingerprint density at radius 2 is 2.22 bits per heavy atom. The van der Waals surface area contributed by atoms with Crippen LogP contribution in [0.1, 0.15) is 25.8 Å². The molecule has 0 saturated heterocycles. The third-order valence-electron chi connectivity index (χ3n) is 3.49.